The minimum Gasteiger partial charge on any atom is -0.756 e. The van der Waals surface area contributed by atoms with E-state index in [1.165, 1.54) is 30.4 Å². The number of carbonyl (C=O) groups excluding carboxylic acids is 2. The lowest BCUT2D eigenvalue weighted by Gasteiger charge is -2.28. The van der Waals surface area contributed by atoms with Gasteiger partial charge in [-0.15, -0.1) is 0 Å². The predicted octanol–water partition coefficient (Wildman–Crippen LogP) is 9.90. The topological polar surface area (TPSA) is 145 Å². The second kappa shape index (κ2) is 32.0. The molecule has 12 heteroatoms. The number of aliphatic hydroxyl groups is 1. The van der Waals surface area contributed by atoms with Gasteiger partial charge < -0.3 is 37.4 Å². The maximum Gasteiger partial charge on any atom is 0.306 e. The van der Waals surface area contributed by atoms with Crippen LogP contribution in [0.3, 0.4) is 0 Å². The van der Waals surface area contributed by atoms with Crippen molar-refractivity contribution < 1.29 is 51.6 Å². The summed E-state index contributed by atoms with van der Waals surface area (Å²) in [5, 5.41) is 10.1. The number of likely N-dealkylation sites (N-methyl/N-ethyl adjacent to an activating group) is 1. The van der Waals surface area contributed by atoms with Crippen molar-refractivity contribution in [3.05, 3.63) is 71.3 Å². The van der Waals surface area contributed by atoms with Gasteiger partial charge in [0.25, 0.3) is 7.82 Å². The Morgan fingerprint density at radius 2 is 1.41 bits per heavy atom. The van der Waals surface area contributed by atoms with E-state index < -0.39 is 38.6 Å². The highest BCUT2D eigenvalue weighted by atomic mass is 31.2. The maximum atomic E-state index is 12.7. The first-order valence-electron chi connectivity index (χ1n) is 21.8. The van der Waals surface area contributed by atoms with Crippen molar-refractivity contribution in [3.8, 4) is 0 Å². The molecular weight excluding hydrogens is 757 g/mol. The van der Waals surface area contributed by atoms with Crippen molar-refractivity contribution in [2.75, 3.05) is 47.5 Å². The number of furan rings is 1. The molecule has 0 bridgehead atoms. The monoisotopic (exact) mass is 836 g/mol. The highest BCUT2D eigenvalue weighted by molar-refractivity contribution is 7.45. The second-order valence-corrected chi connectivity index (χ2v) is 17.5. The van der Waals surface area contributed by atoms with Crippen molar-refractivity contribution in [3.63, 3.8) is 0 Å². The summed E-state index contributed by atoms with van der Waals surface area (Å²) < 4.78 is 39.9. The Hall–Kier alpha value is -2.79. The Bertz CT molecular complexity index is 1420. The molecule has 0 aliphatic rings. The Labute approximate surface area is 351 Å². The molecule has 11 nitrogen and oxygen atoms in total. The van der Waals surface area contributed by atoms with E-state index in [0.29, 0.717) is 43.1 Å². The fourth-order valence-electron chi connectivity index (χ4n) is 5.89. The number of rotatable bonds is 35. The summed E-state index contributed by atoms with van der Waals surface area (Å²) in [4.78, 5) is 37.6. The molecule has 1 rings (SSSR count). The third kappa shape index (κ3) is 28.6. The third-order valence-corrected chi connectivity index (χ3v) is 10.6. The van der Waals surface area contributed by atoms with Crippen molar-refractivity contribution >= 4 is 19.8 Å². The van der Waals surface area contributed by atoms with Crippen LogP contribution in [0.25, 0.3) is 0 Å². The van der Waals surface area contributed by atoms with Gasteiger partial charge in [0.05, 0.1) is 33.9 Å². The molecule has 0 aliphatic heterocycles. The number of phosphoric ester groups is 1. The van der Waals surface area contributed by atoms with E-state index in [1.807, 2.05) is 57.6 Å². The lowest BCUT2D eigenvalue weighted by Crippen LogP contribution is -2.37. The van der Waals surface area contributed by atoms with Crippen molar-refractivity contribution in [1.82, 2.24) is 0 Å². The first kappa shape index (κ1) is 53.2. The predicted molar refractivity (Wildman–Crippen MR) is 231 cm³/mol. The van der Waals surface area contributed by atoms with E-state index in [2.05, 4.69) is 33.8 Å². The van der Waals surface area contributed by atoms with Gasteiger partial charge in [-0.25, -0.2) is 0 Å². The van der Waals surface area contributed by atoms with Gasteiger partial charge in [-0.1, -0.05) is 101 Å². The number of allylic oxidation sites excluding steroid dienone is 6. The number of ether oxygens (including phenoxy) is 2. The first-order chi connectivity index (χ1) is 27.7. The van der Waals surface area contributed by atoms with Crippen LogP contribution in [0.5, 0.6) is 0 Å². The molecule has 0 saturated heterocycles. The van der Waals surface area contributed by atoms with E-state index in [4.69, 9.17) is 22.9 Å². The number of hydrogen-bond acceptors (Lipinski definition) is 10. The molecule has 1 N–H and O–H groups in total. The number of aliphatic hydroxyl groups excluding tert-OH is 1. The molecular formula is C46H78NO10P. The van der Waals surface area contributed by atoms with Crippen LogP contribution in [0, 0.1) is 13.8 Å². The van der Waals surface area contributed by atoms with Crippen LogP contribution in [0.15, 0.2) is 53.0 Å². The number of aryl methyl sites for hydroxylation is 2. The largest absolute Gasteiger partial charge is 0.756 e. The van der Waals surface area contributed by atoms with E-state index in [-0.39, 0.29) is 26.1 Å². The van der Waals surface area contributed by atoms with Crippen LogP contribution in [-0.2, 0) is 45.5 Å². The Balaban J connectivity index is 2.44. The van der Waals surface area contributed by atoms with Crippen LogP contribution < -0.4 is 4.89 Å². The molecule has 1 aromatic rings. The molecule has 0 aromatic carbocycles. The van der Waals surface area contributed by atoms with Gasteiger partial charge in [0.1, 0.15) is 31.3 Å². The lowest BCUT2D eigenvalue weighted by molar-refractivity contribution is -0.870. The number of phosphoric acid groups is 1. The highest BCUT2D eigenvalue weighted by Crippen LogP contribution is 2.38. The van der Waals surface area contributed by atoms with E-state index in [1.54, 1.807) is 6.08 Å². The highest BCUT2D eigenvalue weighted by Gasteiger charge is 2.22. The van der Waals surface area contributed by atoms with Gasteiger partial charge in [-0.05, 0) is 82.8 Å². The fraction of sp³-hybridized carbons (Fsp3) is 0.696. The van der Waals surface area contributed by atoms with Crippen molar-refractivity contribution in [2.45, 2.75) is 162 Å². The summed E-state index contributed by atoms with van der Waals surface area (Å²) in [6, 6.07) is 0. The molecule has 332 valence electrons. The number of unbranched alkanes of at least 4 members (excludes halogenated alkanes) is 9. The van der Waals surface area contributed by atoms with E-state index in [9.17, 15) is 24.2 Å². The van der Waals surface area contributed by atoms with Crippen LogP contribution in [0.1, 0.15) is 146 Å². The van der Waals surface area contributed by atoms with E-state index >= 15 is 0 Å². The van der Waals surface area contributed by atoms with Gasteiger partial charge in [0, 0.05) is 25.7 Å². The molecule has 0 aliphatic carbocycles. The summed E-state index contributed by atoms with van der Waals surface area (Å²) in [7, 11) is 1.06. The standard InChI is InChI=1S/C46H78NO10P/c1-8-10-11-12-14-19-24-30-41(48)31-25-20-15-13-16-23-28-34-46(50)56-42(38-55-58(51,52)54-36-35-47(5,6)7)37-53-45(49)33-27-22-18-17-21-26-32-44-40(4)39(3)43(57-44)29-9-2/h13-14,16,19-20,24-25,30,41-42,48H,8-12,15,17-18,21-23,26-29,31-38H2,1-7H3/b16-13+,19-14-,25-20-,30-24-/t41-,42+/m0/s1. The fourth-order valence-corrected chi connectivity index (χ4v) is 6.62. The van der Waals surface area contributed by atoms with Crippen LogP contribution in [-0.4, -0.2) is 81.2 Å². The molecule has 0 spiro atoms. The van der Waals surface area contributed by atoms with Crippen molar-refractivity contribution in [2.24, 2.45) is 0 Å². The van der Waals surface area contributed by atoms with Gasteiger partial charge in [0.2, 0.25) is 0 Å². The summed E-state index contributed by atoms with van der Waals surface area (Å²) in [5.41, 5.74) is 2.56. The average molecular weight is 836 g/mol. The van der Waals surface area contributed by atoms with Crippen LogP contribution in [0.2, 0.25) is 0 Å². The minimum atomic E-state index is -4.67. The summed E-state index contributed by atoms with van der Waals surface area (Å²) >= 11 is 0. The smallest absolute Gasteiger partial charge is 0.306 e. The number of hydrogen-bond donors (Lipinski definition) is 1. The number of esters is 2. The summed E-state index contributed by atoms with van der Waals surface area (Å²) in [6.07, 6.45) is 30.3. The molecule has 1 unspecified atom stereocenters. The Morgan fingerprint density at radius 1 is 0.759 bits per heavy atom. The normalized spacial score (nSPS) is 14.6. The molecule has 0 radical (unpaired) electrons. The third-order valence-electron chi connectivity index (χ3n) is 9.61. The Morgan fingerprint density at radius 3 is 2.12 bits per heavy atom. The molecule has 1 aromatic heterocycles. The lowest BCUT2D eigenvalue weighted by atomic mass is 10.0. The van der Waals surface area contributed by atoms with Crippen molar-refractivity contribution in [1.29, 1.82) is 0 Å². The Kier molecular flexibility index (Phi) is 29.4. The molecule has 3 atom stereocenters. The minimum absolute atomic E-state index is 0.0628. The maximum absolute atomic E-state index is 12.7. The molecule has 0 fully saturated rings. The number of quaternary nitrogens is 1. The summed E-state index contributed by atoms with van der Waals surface area (Å²) in [6.45, 7) is 8.17. The zero-order chi connectivity index (χ0) is 43.1. The molecule has 0 amide bonds. The number of carbonyl (C=O) groups is 2. The molecule has 1 heterocycles. The second-order valence-electron chi connectivity index (χ2n) is 16.1. The summed E-state index contributed by atoms with van der Waals surface area (Å²) in [5.74, 6) is 1.24. The molecule has 0 saturated carbocycles. The SMILES string of the molecule is CCCCC/C=C\C=C/[C@H](O)C/C=C\C/C=C/CCCC(=O)O[C@H](COC(=O)CCCCCCCCc1oc(CCC)c(C)c1C)COP(=O)([O-])OCC[N+](C)(C)C. The number of nitrogens with zero attached hydrogens (tertiary/aromatic N) is 1. The zero-order valence-electron chi connectivity index (χ0n) is 37.1. The van der Waals surface area contributed by atoms with Gasteiger partial charge in [0.15, 0.2) is 6.10 Å². The van der Waals surface area contributed by atoms with Gasteiger partial charge >= 0.3 is 11.9 Å². The van der Waals surface area contributed by atoms with Crippen LogP contribution >= 0.6 is 7.82 Å². The zero-order valence-corrected chi connectivity index (χ0v) is 37.9. The average Bonchev–Trinajstić information content (AvgIpc) is 3.43. The van der Waals surface area contributed by atoms with Crippen LogP contribution in [0.4, 0.5) is 0 Å². The van der Waals surface area contributed by atoms with Gasteiger partial charge in [-0.2, -0.15) is 0 Å². The van der Waals surface area contributed by atoms with E-state index in [0.717, 1.165) is 69.3 Å². The first-order valence-corrected chi connectivity index (χ1v) is 23.3. The quantitative estimate of drug-likeness (QED) is 0.0175. The molecule has 58 heavy (non-hydrogen) atoms. The van der Waals surface area contributed by atoms with Gasteiger partial charge in [-0.3, -0.25) is 14.2 Å².